The van der Waals surface area contributed by atoms with Crippen LogP contribution in [-0.4, -0.2) is 44.2 Å². The van der Waals surface area contributed by atoms with Gasteiger partial charge < -0.3 is 15.5 Å². The van der Waals surface area contributed by atoms with E-state index in [0.717, 1.165) is 30.7 Å². The number of thiophene rings is 1. The molecule has 1 saturated heterocycles. The van der Waals surface area contributed by atoms with Crippen molar-refractivity contribution in [3.05, 3.63) is 15.9 Å². The molecule has 1 aromatic rings. The van der Waals surface area contributed by atoms with Crippen molar-refractivity contribution in [3.8, 4) is 0 Å². The SMILES string of the molecule is CN1CCNC(CNc2cc(Br)cs2)C1. The zero-order valence-corrected chi connectivity index (χ0v) is 11.2. The van der Waals surface area contributed by atoms with E-state index >= 15 is 0 Å². The minimum absolute atomic E-state index is 0.560. The number of nitrogens with one attached hydrogen (secondary N) is 2. The number of halogens is 1. The van der Waals surface area contributed by atoms with Gasteiger partial charge in [0.2, 0.25) is 0 Å². The summed E-state index contributed by atoms with van der Waals surface area (Å²) in [5, 5.41) is 10.3. The molecule has 84 valence electrons. The van der Waals surface area contributed by atoms with Crippen LogP contribution in [0.4, 0.5) is 5.00 Å². The average Bonchev–Trinajstić information content (AvgIpc) is 2.62. The minimum atomic E-state index is 0.560. The first-order chi connectivity index (χ1) is 7.24. The summed E-state index contributed by atoms with van der Waals surface area (Å²) in [4.78, 5) is 2.37. The molecular formula is C10H16BrN3S. The number of hydrogen-bond acceptors (Lipinski definition) is 4. The molecule has 2 rings (SSSR count). The summed E-state index contributed by atoms with van der Waals surface area (Å²) < 4.78 is 1.16. The van der Waals surface area contributed by atoms with Crippen LogP contribution in [0.25, 0.3) is 0 Å². The van der Waals surface area contributed by atoms with E-state index in [-0.39, 0.29) is 0 Å². The standard InChI is InChI=1S/C10H16BrN3S/c1-14-3-2-12-9(6-14)5-13-10-4-8(11)7-15-10/h4,7,9,12-13H,2-3,5-6H2,1H3. The topological polar surface area (TPSA) is 27.3 Å². The molecule has 1 fully saturated rings. The van der Waals surface area contributed by atoms with Gasteiger partial charge in [-0.25, -0.2) is 0 Å². The second-order valence-electron chi connectivity index (χ2n) is 3.92. The third-order valence-corrected chi connectivity index (χ3v) is 4.20. The van der Waals surface area contributed by atoms with Crippen molar-refractivity contribution in [2.75, 3.05) is 38.5 Å². The fourth-order valence-corrected chi connectivity index (χ4v) is 3.09. The van der Waals surface area contributed by atoms with Gasteiger partial charge in [-0.15, -0.1) is 11.3 Å². The summed E-state index contributed by atoms with van der Waals surface area (Å²) in [7, 11) is 2.18. The van der Waals surface area contributed by atoms with Crippen LogP contribution in [-0.2, 0) is 0 Å². The average molecular weight is 290 g/mol. The van der Waals surface area contributed by atoms with Gasteiger partial charge in [0, 0.05) is 42.1 Å². The predicted octanol–water partition coefficient (Wildman–Crippen LogP) is 1.83. The molecule has 2 heterocycles. The molecule has 1 aliphatic rings. The lowest BCUT2D eigenvalue weighted by Gasteiger charge is -2.31. The Labute approximate surface area is 103 Å². The second-order valence-corrected chi connectivity index (χ2v) is 5.75. The maximum absolute atomic E-state index is 3.52. The number of anilines is 1. The highest BCUT2D eigenvalue weighted by Crippen LogP contribution is 2.24. The summed E-state index contributed by atoms with van der Waals surface area (Å²) >= 11 is 5.19. The molecule has 15 heavy (non-hydrogen) atoms. The lowest BCUT2D eigenvalue weighted by atomic mass is 10.2. The van der Waals surface area contributed by atoms with Crippen LogP contribution in [0.1, 0.15) is 0 Å². The Morgan fingerprint density at radius 1 is 1.73 bits per heavy atom. The van der Waals surface area contributed by atoms with Crippen LogP contribution in [0.2, 0.25) is 0 Å². The maximum Gasteiger partial charge on any atom is 0.0894 e. The Balaban J connectivity index is 1.77. The van der Waals surface area contributed by atoms with Crippen LogP contribution < -0.4 is 10.6 Å². The molecule has 0 saturated carbocycles. The Morgan fingerprint density at radius 2 is 2.60 bits per heavy atom. The van der Waals surface area contributed by atoms with Crippen LogP contribution in [0.5, 0.6) is 0 Å². The first-order valence-corrected chi connectivity index (χ1v) is 6.81. The van der Waals surface area contributed by atoms with E-state index in [4.69, 9.17) is 0 Å². The largest absolute Gasteiger partial charge is 0.375 e. The van der Waals surface area contributed by atoms with Gasteiger partial charge in [-0.1, -0.05) is 0 Å². The molecule has 1 aromatic heterocycles. The van der Waals surface area contributed by atoms with Crippen molar-refractivity contribution in [2.24, 2.45) is 0 Å². The van der Waals surface area contributed by atoms with Gasteiger partial charge in [0.25, 0.3) is 0 Å². The van der Waals surface area contributed by atoms with E-state index in [9.17, 15) is 0 Å². The molecular weight excluding hydrogens is 274 g/mol. The normalized spacial score (nSPS) is 22.9. The molecule has 0 amide bonds. The van der Waals surface area contributed by atoms with Gasteiger partial charge >= 0.3 is 0 Å². The van der Waals surface area contributed by atoms with E-state index in [1.54, 1.807) is 11.3 Å². The van der Waals surface area contributed by atoms with E-state index in [2.05, 4.69) is 50.0 Å². The fourth-order valence-electron chi connectivity index (χ4n) is 1.76. The van der Waals surface area contributed by atoms with Gasteiger partial charge in [0.15, 0.2) is 0 Å². The smallest absolute Gasteiger partial charge is 0.0894 e. The lowest BCUT2D eigenvalue weighted by molar-refractivity contribution is 0.244. The number of likely N-dealkylation sites (N-methyl/N-ethyl adjacent to an activating group) is 1. The maximum atomic E-state index is 3.52. The molecule has 0 aromatic carbocycles. The van der Waals surface area contributed by atoms with E-state index in [0.29, 0.717) is 6.04 Å². The van der Waals surface area contributed by atoms with E-state index in [1.165, 1.54) is 5.00 Å². The van der Waals surface area contributed by atoms with Crippen molar-refractivity contribution in [1.29, 1.82) is 0 Å². The Kier molecular flexibility index (Phi) is 4.02. The van der Waals surface area contributed by atoms with Crippen molar-refractivity contribution in [1.82, 2.24) is 10.2 Å². The summed E-state index contributed by atoms with van der Waals surface area (Å²) in [6.07, 6.45) is 0. The first kappa shape index (κ1) is 11.4. The molecule has 0 radical (unpaired) electrons. The van der Waals surface area contributed by atoms with Crippen LogP contribution in [0, 0.1) is 0 Å². The summed E-state index contributed by atoms with van der Waals surface area (Å²) in [6, 6.07) is 2.68. The van der Waals surface area contributed by atoms with Gasteiger partial charge in [-0.05, 0) is 29.0 Å². The number of nitrogens with zero attached hydrogens (tertiary/aromatic N) is 1. The van der Waals surface area contributed by atoms with Crippen LogP contribution in [0.3, 0.4) is 0 Å². The number of piperazine rings is 1. The summed E-state index contributed by atoms with van der Waals surface area (Å²) in [5.41, 5.74) is 0. The van der Waals surface area contributed by atoms with Crippen molar-refractivity contribution in [2.45, 2.75) is 6.04 Å². The molecule has 3 nitrogen and oxygen atoms in total. The Bertz CT molecular complexity index is 315. The zero-order valence-electron chi connectivity index (χ0n) is 8.79. The lowest BCUT2D eigenvalue weighted by Crippen LogP contribution is -2.51. The molecule has 0 spiro atoms. The molecule has 1 aliphatic heterocycles. The highest BCUT2D eigenvalue weighted by atomic mass is 79.9. The minimum Gasteiger partial charge on any atom is -0.375 e. The molecule has 1 atom stereocenters. The Morgan fingerprint density at radius 3 is 3.27 bits per heavy atom. The summed E-state index contributed by atoms with van der Waals surface area (Å²) in [5.74, 6) is 0. The highest BCUT2D eigenvalue weighted by molar-refractivity contribution is 9.10. The Hall–Kier alpha value is -0.100. The highest BCUT2D eigenvalue weighted by Gasteiger charge is 2.15. The predicted molar refractivity (Wildman–Crippen MR) is 69.8 cm³/mol. The van der Waals surface area contributed by atoms with Crippen molar-refractivity contribution in [3.63, 3.8) is 0 Å². The molecule has 0 bridgehead atoms. The molecule has 5 heteroatoms. The second kappa shape index (κ2) is 5.30. The van der Waals surface area contributed by atoms with Crippen molar-refractivity contribution >= 4 is 32.3 Å². The first-order valence-electron chi connectivity index (χ1n) is 5.14. The third-order valence-electron chi connectivity index (χ3n) is 2.55. The van der Waals surface area contributed by atoms with Crippen LogP contribution in [0.15, 0.2) is 15.9 Å². The van der Waals surface area contributed by atoms with Gasteiger partial charge in [-0.3, -0.25) is 0 Å². The summed E-state index contributed by atoms with van der Waals surface area (Å²) in [6.45, 7) is 4.37. The molecule has 1 unspecified atom stereocenters. The number of hydrogen-bond donors (Lipinski definition) is 2. The third kappa shape index (κ3) is 3.45. The molecule has 2 N–H and O–H groups in total. The fraction of sp³-hybridized carbons (Fsp3) is 0.600. The molecule has 0 aliphatic carbocycles. The zero-order chi connectivity index (χ0) is 10.7. The van der Waals surface area contributed by atoms with E-state index in [1.807, 2.05) is 0 Å². The van der Waals surface area contributed by atoms with Gasteiger partial charge in [-0.2, -0.15) is 0 Å². The monoisotopic (exact) mass is 289 g/mol. The van der Waals surface area contributed by atoms with E-state index < -0.39 is 0 Å². The van der Waals surface area contributed by atoms with Crippen molar-refractivity contribution < 1.29 is 0 Å². The van der Waals surface area contributed by atoms with Crippen LogP contribution >= 0.6 is 27.3 Å². The van der Waals surface area contributed by atoms with Gasteiger partial charge in [0.05, 0.1) is 5.00 Å². The quantitative estimate of drug-likeness (QED) is 0.889. The van der Waals surface area contributed by atoms with Gasteiger partial charge in [0.1, 0.15) is 0 Å². The number of rotatable bonds is 3.